The molecule has 0 aromatic heterocycles. The van der Waals surface area contributed by atoms with Gasteiger partial charge in [-0.1, -0.05) is 0 Å². The summed E-state index contributed by atoms with van der Waals surface area (Å²) in [7, 11) is 0. The van der Waals surface area contributed by atoms with Crippen LogP contribution in [0, 0.1) is 3.57 Å². The van der Waals surface area contributed by atoms with E-state index in [9.17, 15) is 0 Å². The molecule has 0 N–H and O–H groups in total. The van der Waals surface area contributed by atoms with Crippen molar-refractivity contribution in [2.24, 2.45) is 0 Å². The predicted molar refractivity (Wildman–Crippen MR) is 31.1 cm³/mol. The van der Waals surface area contributed by atoms with Gasteiger partial charge >= 0.3 is 60.0 Å². The van der Waals surface area contributed by atoms with E-state index in [4.69, 9.17) is 0 Å². The van der Waals surface area contributed by atoms with Crippen LogP contribution < -0.4 is 21.2 Å². The first-order valence-corrected chi connectivity index (χ1v) is 5.71. The van der Waals surface area contributed by atoms with Crippen LogP contribution in [-0.2, 0) is 0 Å². The number of hydrogen-bond acceptors (Lipinski definition) is 0. The molecule has 0 heterocycles. The molecule has 44 valence electrons. The molecule has 0 spiro atoms. The summed E-state index contributed by atoms with van der Waals surface area (Å²) in [6.07, 6.45) is 0. The fourth-order valence-electron chi connectivity index (χ4n) is 0.541. The van der Waals surface area contributed by atoms with Crippen LogP contribution >= 0.6 is 0 Å². The third-order valence-corrected chi connectivity index (χ3v) is 2.92. The maximum absolute atomic E-state index is 2.27. The van der Waals surface area contributed by atoms with Gasteiger partial charge < -0.3 is 0 Å². The Kier molecular flexibility index (Phi) is 2.33. The molecule has 0 fully saturated rings. The number of alkyl halides is 1. The molecular formula is C7H8I-. The van der Waals surface area contributed by atoms with Crippen molar-refractivity contribution in [3.63, 3.8) is 0 Å². The van der Waals surface area contributed by atoms with Crippen molar-refractivity contribution in [2.75, 3.05) is 4.93 Å². The summed E-state index contributed by atoms with van der Waals surface area (Å²) < 4.78 is 1.52. The maximum atomic E-state index is 2.27. The van der Waals surface area contributed by atoms with E-state index in [1.54, 1.807) is 0 Å². The van der Waals surface area contributed by atoms with Gasteiger partial charge in [-0.25, -0.2) is 0 Å². The Morgan fingerprint density at radius 3 is 2.12 bits per heavy atom. The molecule has 0 atom stereocenters. The summed E-state index contributed by atoms with van der Waals surface area (Å²) in [6, 6.07) is 10.6. The Morgan fingerprint density at radius 2 is 1.75 bits per heavy atom. The molecule has 8 heavy (non-hydrogen) atoms. The van der Waals surface area contributed by atoms with E-state index >= 15 is 0 Å². The molecule has 0 unspecified atom stereocenters. The Morgan fingerprint density at radius 1 is 1.12 bits per heavy atom. The molecule has 0 aliphatic heterocycles. The fraction of sp³-hybridized carbons (Fsp3) is 0.143. The summed E-state index contributed by atoms with van der Waals surface area (Å²) in [6.45, 7) is 0. The van der Waals surface area contributed by atoms with Crippen molar-refractivity contribution < 1.29 is 21.2 Å². The van der Waals surface area contributed by atoms with Crippen LogP contribution in [0.2, 0.25) is 0 Å². The monoisotopic (exact) mass is 219 g/mol. The van der Waals surface area contributed by atoms with Crippen LogP contribution in [0.25, 0.3) is 0 Å². The average Bonchev–Trinajstić information content (AvgIpc) is 1.90. The molecule has 0 aliphatic rings. The number of benzene rings is 1. The molecule has 0 bridgehead atoms. The van der Waals surface area contributed by atoms with Gasteiger partial charge in [-0.3, -0.25) is 0 Å². The molecule has 1 heteroatoms. The van der Waals surface area contributed by atoms with Crippen molar-refractivity contribution in [1.29, 1.82) is 0 Å². The van der Waals surface area contributed by atoms with Gasteiger partial charge in [0.2, 0.25) is 0 Å². The summed E-state index contributed by atoms with van der Waals surface area (Å²) in [4.78, 5) is 2.27. The van der Waals surface area contributed by atoms with E-state index in [-0.39, 0.29) is 0 Å². The molecule has 0 radical (unpaired) electrons. The summed E-state index contributed by atoms with van der Waals surface area (Å²) in [5.74, 6) is 0. The topological polar surface area (TPSA) is 0 Å². The molecule has 0 amide bonds. The van der Waals surface area contributed by atoms with Crippen molar-refractivity contribution in [1.82, 2.24) is 0 Å². The first-order valence-electron chi connectivity index (χ1n) is 2.48. The second-order valence-electron chi connectivity index (χ2n) is 1.48. The quantitative estimate of drug-likeness (QED) is 0.401. The van der Waals surface area contributed by atoms with E-state index in [0.717, 1.165) is 0 Å². The van der Waals surface area contributed by atoms with Crippen LogP contribution in [0.15, 0.2) is 30.3 Å². The fourth-order valence-corrected chi connectivity index (χ4v) is 1.68. The molecule has 1 rings (SSSR count). The first-order chi connectivity index (χ1) is 3.93. The van der Waals surface area contributed by atoms with E-state index < -0.39 is 0 Å². The molecule has 0 saturated carbocycles. The molecular weight excluding hydrogens is 211 g/mol. The zero-order chi connectivity index (χ0) is 5.82. The average molecular weight is 219 g/mol. The molecule has 0 aliphatic carbocycles. The Labute approximate surface area is 60.2 Å². The van der Waals surface area contributed by atoms with Gasteiger partial charge in [-0.15, -0.1) is 0 Å². The van der Waals surface area contributed by atoms with Gasteiger partial charge in [-0.2, -0.15) is 0 Å². The van der Waals surface area contributed by atoms with Crippen molar-refractivity contribution in [3.05, 3.63) is 33.9 Å². The Hall–Kier alpha value is -0.0500. The van der Waals surface area contributed by atoms with E-state index in [1.165, 1.54) is 3.57 Å². The Balaban J connectivity index is 2.83. The van der Waals surface area contributed by atoms with E-state index in [0.29, 0.717) is 21.2 Å². The first kappa shape index (κ1) is 6.08. The zero-order valence-electron chi connectivity index (χ0n) is 4.76. The van der Waals surface area contributed by atoms with Gasteiger partial charge in [-0.05, 0) is 0 Å². The Bertz CT molecular complexity index is 146. The summed E-state index contributed by atoms with van der Waals surface area (Å²) in [5, 5.41) is 0. The molecule has 1 aromatic rings. The van der Waals surface area contributed by atoms with Gasteiger partial charge in [0.15, 0.2) is 0 Å². The molecule has 0 nitrogen and oxygen atoms in total. The summed E-state index contributed by atoms with van der Waals surface area (Å²) in [5.41, 5.74) is 0. The zero-order valence-corrected chi connectivity index (χ0v) is 6.92. The van der Waals surface area contributed by atoms with Gasteiger partial charge in [0, 0.05) is 0 Å². The second kappa shape index (κ2) is 3.07. The van der Waals surface area contributed by atoms with Crippen molar-refractivity contribution in [2.45, 2.75) is 0 Å². The van der Waals surface area contributed by atoms with Gasteiger partial charge in [0.25, 0.3) is 0 Å². The number of halogens is 1. The molecule has 1 aromatic carbocycles. The standard InChI is InChI=1S/C7H8I/c1-8-7-5-3-2-4-6-7/h2-6H,1H3/q-1. The van der Waals surface area contributed by atoms with Gasteiger partial charge in [0.1, 0.15) is 0 Å². The third-order valence-electron chi connectivity index (χ3n) is 0.951. The van der Waals surface area contributed by atoms with Crippen molar-refractivity contribution >= 4 is 0 Å². The SMILES string of the molecule is C[I-]c1ccccc1. The number of rotatable bonds is 1. The number of hydrogen-bond donors (Lipinski definition) is 0. The van der Waals surface area contributed by atoms with Crippen LogP contribution in [-0.4, -0.2) is 4.93 Å². The van der Waals surface area contributed by atoms with E-state index in [2.05, 4.69) is 35.3 Å². The molecule has 0 saturated heterocycles. The van der Waals surface area contributed by atoms with Crippen molar-refractivity contribution in [3.8, 4) is 0 Å². The van der Waals surface area contributed by atoms with Crippen LogP contribution in [0.3, 0.4) is 0 Å². The third kappa shape index (κ3) is 1.47. The summed E-state index contributed by atoms with van der Waals surface area (Å²) >= 11 is 0.309. The van der Waals surface area contributed by atoms with Gasteiger partial charge in [0.05, 0.1) is 0 Å². The minimum absolute atomic E-state index is 0.309. The predicted octanol–water partition coefficient (Wildman–Crippen LogP) is -1.42. The van der Waals surface area contributed by atoms with Crippen LogP contribution in [0.4, 0.5) is 0 Å². The minimum atomic E-state index is 0.309. The normalized spacial score (nSPS) is 9.62. The van der Waals surface area contributed by atoms with E-state index in [1.807, 2.05) is 0 Å². The van der Waals surface area contributed by atoms with Crippen LogP contribution in [0.5, 0.6) is 0 Å². The van der Waals surface area contributed by atoms with Crippen LogP contribution in [0.1, 0.15) is 0 Å². The second-order valence-corrected chi connectivity index (χ2v) is 3.81.